The maximum Gasteiger partial charge on any atom is 0.300 e. The summed E-state index contributed by atoms with van der Waals surface area (Å²) in [6.45, 7) is 0.315. The van der Waals surface area contributed by atoms with Crippen LogP contribution in [0.1, 0.15) is 15.2 Å². The second-order valence-corrected chi connectivity index (χ2v) is 4.68. The van der Waals surface area contributed by atoms with E-state index < -0.39 is 10.8 Å². The fraction of sp³-hybridized carbons (Fsp3) is 0.0909. The summed E-state index contributed by atoms with van der Waals surface area (Å²) in [6, 6.07) is 4.92. The highest BCUT2D eigenvalue weighted by molar-refractivity contribution is 7.09. The Morgan fingerprint density at radius 2 is 2.37 bits per heavy atom. The van der Waals surface area contributed by atoms with E-state index in [0.29, 0.717) is 6.54 Å². The monoisotopic (exact) mass is 278 g/mol. The summed E-state index contributed by atoms with van der Waals surface area (Å²) in [5.41, 5.74) is 4.99. The molecule has 0 aromatic carbocycles. The molecule has 0 fully saturated rings. The van der Waals surface area contributed by atoms with Crippen LogP contribution in [0.2, 0.25) is 0 Å². The molecule has 2 rings (SSSR count). The number of amides is 1. The summed E-state index contributed by atoms with van der Waals surface area (Å²) < 4.78 is 0. The van der Waals surface area contributed by atoms with E-state index in [1.807, 2.05) is 17.5 Å². The number of nitro groups is 1. The molecule has 7 nitrogen and oxygen atoms in total. The molecule has 0 unspecified atom stereocenters. The van der Waals surface area contributed by atoms with Crippen LogP contribution in [0.3, 0.4) is 0 Å². The van der Waals surface area contributed by atoms with Gasteiger partial charge in [-0.3, -0.25) is 14.9 Å². The molecule has 0 bridgehead atoms. The van der Waals surface area contributed by atoms with Crippen molar-refractivity contribution in [2.45, 2.75) is 6.54 Å². The van der Waals surface area contributed by atoms with Crippen LogP contribution in [-0.2, 0) is 6.54 Å². The largest absolute Gasteiger partial charge is 0.384 e. The molecule has 1 amide bonds. The minimum Gasteiger partial charge on any atom is -0.384 e. The van der Waals surface area contributed by atoms with Gasteiger partial charge in [0.25, 0.3) is 11.6 Å². The zero-order chi connectivity index (χ0) is 13.8. The van der Waals surface area contributed by atoms with Crippen molar-refractivity contribution in [3.8, 4) is 0 Å². The average Bonchev–Trinajstić information content (AvgIpc) is 2.88. The molecule has 0 spiro atoms. The van der Waals surface area contributed by atoms with Gasteiger partial charge >= 0.3 is 0 Å². The van der Waals surface area contributed by atoms with Gasteiger partial charge in [-0.25, -0.2) is 4.98 Å². The van der Waals surface area contributed by atoms with Gasteiger partial charge in [0.15, 0.2) is 0 Å². The number of pyridine rings is 1. The van der Waals surface area contributed by atoms with Gasteiger partial charge in [0.2, 0.25) is 0 Å². The first kappa shape index (κ1) is 13.0. The van der Waals surface area contributed by atoms with Crippen LogP contribution < -0.4 is 11.1 Å². The molecule has 98 valence electrons. The van der Waals surface area contributed by atoms with Gasteiger partial charge in [-0.1, -0.05) is 6.07 Å². The second kappa shape index (κ2) is 5.44. The first-order valence-electron chi connectivity index (χ1n) is 5.28. The number of rotatable bonds is 4. The highest BCUT2D eigenvalue weighted by Gasteiger charge is 2.21. The molecule has 0 aliphatic rings. The minimum atomic E-state index is -0.660. The summed E-state index contributed by atoms with van der Waals surface area (Å²) in [5, 5.41) is 15.3. The molecule has 8 heteroatoms. The van der Waals surface area contributed by atoms with Crippen LogP contribution in [-0.4, -0.2) is 15.8 Å². The third-order valence-corrected chi connectivity index (χ3v) is 3.23. The van der Waals surface area contributed by atoms with E-state index in [1.54, 1.807) is 0 Å². The quantitative estimate of drug-likeness (QED) is 0.651. The summed E-state index contributed by atoms with van der Waals surface area (Å²) in [4.78, 5) is 26.6. The first-order valence-corrected chi connectivity index (χ1v) is 6.16. The Hall–Kier alpha value is -2.48. The summed E-state index contributed by atoms with van der Waals surface area (Å²) in [7, 11) is 0. The fourth-order valence-electron chi connectivity index (χ4n) is 1.47. The molecule has 0 saturated heterocycles. The van der Waals surface area contributed by atoms with Crippen molar-refractivity contribution >= 4 is 28.7 Å². The standard InChI is InChI=1S/C11H10N4O3S/c12-10-4-8(9(6-13-10)15(17)18)11(16)14-5-7-2-1-3-19-7/h1-4,6H,5H2,(H2,12,13)(H,14,16). The maximum atomic E-state index is 11.9. The fourth-order valence-corrected chi connectivity index (χ4v) is 2.11. The van der Waals surface area contributed by atoms with E-state index >= 15 is 0 Å². The molecule has 0 saturated carbocycles. The number of aromatic nitrogens is 1. The molecule has 3 N–H and O–H groups in total. The molecule has 0 radical (unpaired) electrons. The Kier molecular flexibility index (Phi) is 3.71. The van der Waals surface area contributed by atoms with E-state index in [2.05, 4.69) is 10.3 Å². The Morgan fingerprint density at radius 3 is 3.00 bits per heavy atom. The predicted octanol–water partition coefficient (Wildman–Crippen LogP) is 1.56. The van der Waals surface area contributed by atoms with Crippen molar-refractivity contribution in [3.63, 3.8) is 0 Å². The smallest absolute Gasteiger partial charge is 0.300 e. The third kappa shape index (κ3) is 3.05. The summed E-state index contributed by atoms with van der Waals surface area (Å²) >= 11 is 1.49. The topological polar surface area (TPSA) is 111 Å². The van der Waals surface area contributed by atoms with Crippen molar-refractivity contribution in [1.82, 2.24) is 10.3 Å². The molecule has 0 aliphatic carbocycles. The number of nitrogens with zero attached hydrogens (tertiary/aromatic N) is 2. The number of nitrogens with two attached hydrogens (primary N) is 1. The van der Waals surface area contributed by atoms with Crippen molar-refractivity contribution in [2.75, 3.05) is 5.73 Å². The lowest BCUT2D eigenvalue weighted by Gasteiger charge is -2.05. The average molecular weight is 278 g/mol. The van der Waals surface area contributed by atoms with Crippen molar-refractivity contribution in [2.24, 2.45) is 0 Å². The summed E-state index contributed by atoms with van der Waals surface area (Å²) in [5.74, 6) is -0.485. The minimum absolute atomic E-state index is 0.0619. The summed E-state index contributed by atoms with van der Waals surface area (Å²) in [6.07, 6.45) is 0.982. The van der Waals surface area contributed by atoms with E-state index in [4.69, 9.17) is 5.73 Å². The molecular formula is C11H10N4O3S. The van der Waals surface area contributed by atoms with Crippen LogP contribution in [0.4, 0.5) is 11.5 Å². The van der Waals surface area contributed by atoms with Gasteiger partial charge in [-0.05, 0) is 17.5 Å². The van der Waals surface area contributed by atoms with Crippen LogP contribution in [0.5, 0.6) is 0 Å². The SMILES string of the molecule is Nc1cc(C(=O)NCc2cccs2)c([N+](=O)[O-])cn1. The first-order chi connectivity index (χ1) is 9.08. The number of hydrogen-bond acceptors (Lipinski definition) is 6. The number of nitrogens with one attached hydrogen (secondary N) is 1. The van der Waals surface area contributed by atoms with E-state index in [0.717, 1.165) is 11.1 Å². The molecule has 2 heterocycles. The van der Waals surface area contributed by atoms with Gasteiger partial charge < -0.3 is 11.1 Å². The van der Waals surface area contributed by atoms with Crippen molar-refractivity contribution in [1.29, 1.82) is 0 Å². The lowest BCUT2D eigenvalue weighted by molar-refractivity contribution is -0.385. The molecule has 19 heavy (non-hydrogen) atoms. The van der Waals surface area contributed by atoms with Crippen molar-refractivity contribution in [3.05, 3.63) is 50.3 Å². The van der Waals surface area contributed by atoms with Gasteiger partial charge in [0.05, 0.1) is 11.5 Å². The third-order valence-electron chi connectivity index (χ3n) is 2.35. The zero-order valence-electron chi connectivity index (χ0n) is 9.70. The van der Waals surface area contributed by atoms with Gasteiger partial charge in [0, 0.05) is 4.88 Å². The molecule has 2 aromatic heterocycles. The van der Waals surface area contributed by atoms with Gasteiger partial charge in [-0.15, -0.1) is 11.3 Å². The van der Waals surface area contributed by atoms with Crippen LogP contribution in [0.15, 0.2) is 29.8 Å². The number of hydrogen-bond donors (Lipinski definition) is 2. The van der Waals surface area contributed by atoms with Gasteiger partial charge in [0.1, 0.15) is 17.6 Å². The number of nitrogen functional groups attached to an aromatic ring is 1. The van der Waals surface area contributed by atoms with Crippen molar-refractivity contribution < 1.29 is 9.72 Å². The van der Waals surface area contributed by atoms with Crippen LogP contribution in [0, 0.1) is 10.1 Å². The molecule has 0 atom stereocenters. The Labute approximate surface area is 112 Å². The molecule has 2 aromatic rings. The van der Waals surface area contributed by atoms with E-state index in [9.17, 15) is 14.9 Å². The Bertz CT molecular complexity index is 612. The molecular weight excluding hydrogens is 268 g/mol. The van der Waals surface area contributed by atoms with Gasteiger partial charge in [-0.2, -0.15) is 0 Å². The highest BCUT2D eigenvalue weighted by Crippen LogP contribution is 2.19. The second-order valence-electron chi connectivity index (χ2n) is 3.65. The Balaban J connectivity index is 2.18. The number of carbonyl (C=O) groups is 1. The number of carbonyl (C=O) groups excluding carboxylic acids is 1. The maximum absolute atomic E-state index is 11.9. The lowest BCUT2D eigenvalue weighted by atomic mass is 10.2. The normalized spacial score (nSPS) is 10.1. The van der Waals surface area contributed by atoms with E-state index in [-0.39, 0.29) is 17.1 Å². The Morgan fingerprint density at radius 1 is 1.58 bits per heavy atom. The number of thiophene rings is 1. The lowest BCUT2D eigenvalue weighted by Crippen LogP contribution is -2.23. The van der Waals surface area contributed by atoms with E-state index in [1.165, 1.54) is 17.4 Å². The highest BCUT2D eigenvalue weighted by atomic mass is 32.1. The van der Waals surface area contributed by atoms with Crippen LogP contribution >= 0.6 is 11.3 Å². The molecule has 0 aliphatic heterocycles. The number of anilines is 1. The zero-order valence-corrected chi connectivity index (χ0v) is 10.5. The predicted molar refractivity (Wildman–Crippen MR) is 70.8 cm³/mol. The van der Waals surface area contributed by atoms with Crippen LogP contribution in [0.25, 0.3) is 0 Å².